The van der Waals surface area contributed by atoms with E-state index in [0.29, 0.717) is 0 Å². The van der Waals surface area contributed by atoms with E-state index in [9.17, 15) is 18.5 Å². The standard InChI is InChI=1S/C8H12ClN3O4S/c1-6(3-4-9)17(15,16)8-7(12(13)14)5-11(2)10-8/h5-6H,3-4H2,1-2H3. The van der Waals surface area contributed by atoms with E-state index in [-0.39, 0.29) is 12.3 Å². The van der Waals surface area contributed by atoms with Gasteiger partial charge in [0.05, 0.1) is 10.2 Å². The van der Waals surface area contributed by atoms with Gasteiger partial charge in [0.1, 0.15) is 6.20 Å². The van der Waals surface area contributed by atoms with Crippen molar-refractivity contribution in [1.29, 1.82) is 0 Å². The van der Waals surface area contributed by atoms with Gasteiger partial charge in [-0.15, -0.1) is 11.6 Å². The summed E-state index contributed by atoms with van der Waals surface area (Å²) < 4.78 is 25.2. The predicted octanol–water partition coefficient (Wildman–Crippen LogP) is 1.12. The Morgan fingerprint density at radius 2 is 2.24 bits per heavy atom. The Kier molecular flexibility index (Phi) is 4.10. The van der Waals surface area contributed by atoms with Crippen LogP contribution in [0.15, 0.2) is 11.2 Å². The molecule has 0 aromatic carbocycles. The summed E-state index contributed by atoms with van der Waals surface area (Å²) in [7, 11) is -2.39. The maximum Gasteiger partial charge on any atom is 0.326 e. The lowest BCUT2D eigenvalue weighted by Gasteiger charge is -2.08. The first-order chi connectivity index (χ1) is 7.80. The van der Waals surface area contributed by atoms with Crippen LogP contribution in [-0.2, 0) is 16.9 Å². The van der Waals surface area contributed by atoms with Gasteiger partial charge in [0.15, 0.2) is 0 Å². The van der Waals surface area contributed by atoms with Crippen molar-refractivity contribution in [2.75, 3.05) is 5.88 Å². The normalized spacial score (nSPS) is 13.6. The molecule has 0 aliphatic carbocycles. The summed E-state index contributed by atoms with van der Waals surface area (Å²) in [6, 6.07) is 0. The van der Waals surface area contributed by atoms with Gasteiger partial charge in [-0.2, -0.15) is 5.10 Å². The Morgan fingerprint density at radius 1 is 1.65 bits per heavy atom. The summed E-state index contributed by atoms with van der Waals surface area (Å²) >= 11 is 5.47. The number of hydrogen-bond acceptors (Lipinski definition) is 5. The van der Waals surface area contributed by atoms with E-state index in [1.807, 2.05) is 0 Å². The third-order valence-electron chi connectivity index (χ3n) is 2.29. The molecule has 0 saturated heterocycles. The smallest absolute Gasteiger partial charge is 0.267 e. The number of rotatable bonds is 5. The van der Waals surface area contributed by atoms with Gasteiger partial charge in [-0.05, 0) is 13.3 Å². The highest BCUT2D eigenvalue weighted by Crippen LogP contribution is 2.26. The molecule has 0 aliphatic heterocycles. The molecule has 0 bridgehead atoms. The molecule has 96 valence electrons. The second kappa shape index (κ2) is 5.01. The largest absolute Gasteiger partial charge is 0.326 e. The molecule has 0 saturated carbocycles. The van der Waals surface area contributed by atoms with Gasteiger partial charge in [-0.1, -0.05) is 0 Å². The molecule has 7 nitrogen and oxygen atoms in total. The van der Waals surface area contributed by atoms with Crippen molar-refractivity contribution < 1.29 is 13.3 Å². The molecule has 0 fully saturated rings. The first-order valence-electron chi connectivity index (χ1n) is 4.78. The first kappa shape index (κ1) is 13.9. The topological polar surface area (TPSA) is 95.1 Å². The minimum Gasteiger partial charge on any atom is -0.267 e. The van der Waals surface area contributed by atoms with Gasteiger partial charge in [-0.25, -0.2) is 8.42 Å². The van der Waals surface area contributed by atoms with Crippen molar-refractivity contribution in [3.05, 3.63) is 16.3 Å². The van der Waals surface area contributed by atoms with E-state index in [1.165, 1.54) is 14.0 Å². The minimum atomic E-state index is -3.81. The number of aryl methyl sites for hydroxylation is 1. The van der Waals surface area contributed by atoms with Crippen molar-refractivity contribution in [2.24, 2.45) is 7.05 Å². The summed E-state index contributed by atoms with van der Waals surface area (Å²) in [5, 5.41) is 13.1. The van der Waals surface area contributed by atoms with Crippen LogP contribution in [0.4, 0.5) is 5.69 Å². The molecule has 0 N–H and O–H groups in total. The monoisotopic (exact) mass is 281 g/mol. The minimum absolute atomic E-state index is 0.168. The molecule has 9 heteroatoms. The highest BCUT2D eigenvalue weighted by atomic mass is 35.5. The highest BCUT2D eigenvalue weighted by Gasteiger charge is 2.34. The van der Waals surface area contributed by atoms with Crippen LogP contribution in [0.2, 0.25) is 0 Å². The van der Waals surface area contributed by atoms with Crippen LogP contribution < -0.4 is 0 Å². The number of nitro groups is 1. The molecule has 0 aliphatic rings. The van der Waals surface area contributed by atoms with Crippen molar-refractivity contribution in [1.82, 2.24) is 9.78 Å². The summed E-state index contributed by atoms with van der Waals surface area (Å²) in [5.74, 6) is 0.168. The van der Waals surface area contributed by atoms with E-state index in [4.69, 9.17) is 11.6 Å². The Morgan fingerprint density at radius 3 is 2.71 bits per heavy atom. The van der Waals surface area contributed by atoms with Crippen LogP contribution in [0.3, 0.4) is 0 Å². The fourth-order valence-electron chi connectivity index (χ4n) is 1.28. The van der Waals surface area contributed by atoms with Gasteiger partial charge in [-0.3, -0.25) is 14.8 Å². The molecule has 1 aromatic rings. The van der Waals surface area contributed by atoms with Crippen LogP contribution in [0, 0.1) is 10.1 Å². The zero-order valence-corrected chi connectivity index (χ0v) is 10.9. The second-order valence-corrected chi connectivity index (χ2v) is 6.24. The number of nitrogens with zero attached hydrogens (tertiary/aromatic N) is 3. The molecule has 1 atom stereocenters. The lowest BCUT2D eigenvalue weighted by molar-refractivity contribution is -0.387. The van der Waals surface area contributed by atoms with Crippen LogP contribution in [0.25, 0.3) is 0 Å². The Hall–Kier alpha value is -1.15. The average molecular weight is 282 g/mol. The SMILES string of the molecule is CC(CCCl)S(=O)(=O)c1nn(C)cc1[N+](=O)[O-]. The van der Waals surface area contributed by atoms with E-state index in [2.05, 4.69) is 5.10 Å². The summed E-state index contributed by atoms with van der Waals surface area (Å²) in [6.07, 6.45) is 1.29. The van der Waals surface area contributed by atoms with Gasteiger partial charge in [0.25, 0.3) is 5.03 Å². The zero-order chi connectivity index (χ0) is 13.2. The van der Waals surface area contributed by atoms with Crippen LogP contribution in [-0.4, -0.2) is 34.3 Å². The quantitative estimate of drug-likeness (QED) is 0.458. The van der Waals surface area contributed by atoms with Crippen molar-refractivity contribution >= 4 is 27.1 Å². The van der Waals surface area contributed by atoms with Gasteiger partial charge >= 0.3 is 5.69 Å². The lowest BCUT2D eigenvalue weighted by atomic mass is 10.4. The molecule has 0 spiro atoms. The Bertz CT molecular complexity index is 525. The average Bonchev–Trinajstić information content (AvgIpc) is 2.61. The number of alkyl halides is 1. The molecule has 0 radical (unpaired) electrons. The fourth-order valence-corrected chi connectivity index (χ4v) is 3.21. The lowest BCUT2D eigenvalue weighted by Crippen LogP contribution is -2.20. The molecule has 1 rings (SSSR count). The maximum atomic E-state index is 12.0. The molecule has 17 heavy (non-hydrogen) atoms. The van der Waals surface area contributed by atoms with Crippen LogP contribution in [0.5, 0.6) is 0 Å². The predicted molar refractivity (Wildman–Crippen MR) is 61.8 cm³/mol. The third-order valence-corrected chi connectivity index (χ3v) is 4.63. The fraction of sp³-hybridized carbons (Fsp3) is 0.625. The molecule has 1 unspecified atom stereocenters. The molecular weight excluding hydrogens is 270 g/mol. The molecular formula is C8H12ClN3O4S. The summed E-state index contributed by atoms with van der Waals surface area (Å²) in [6.45, 7) is 1.45. The van der Waals surface area contributed by atoms with E-state index in [0.717, 1.165) is 10.9 Å². The maximum absolute atomic E-state index is 12.0. The second-order valence-electron chi connectivity index (χ2n) is 3.58. The van der Waals surface area contributed by atoms with E-state index >= 15 is 0 Å². The zero-order valence-electron chi connectivity index (χ0n) is 9.33. The highest BCUT2D eigenvalue weighted by molar-refractivity contribution is 7.92. The number of halogens is 1. The Labute approximate surface area is 103 Å². The number of hydrogen-bond donors (Lipinski definition) is 0. The van der Waals surface area contributed by atoms with Crippen LogP contribution in [0.1, 0.15) is 13.3 Å². The molecule has 0 amide bonds. The van der Waals surface area contributed by atoms with Crippen molar-refractivity contribution in [3.8, 4) is 0 Å². The number of aromatic nitrogens is 2. The summed E-state index contributed by atoms with van der Waals surface area (Å²) in [5.41, 5.74) is -0.506. The summed E-state index contributed by atoms with van der Waals surface area (Å²) in [4.78, 5) is 9.97. The number of sulfone groups is 1. The third kappa shape index (κ3) is 2.75. The van der Waals surface area contributed by atoms with Crippen molar-refractivity contribution in [3.63, 3.8) is 0 Å². The Balaban J connectivity index is 3.28. The molecule has 1 heterocycles. The van der Waals surface area contributed by atoms with Crippen molar-refractivity contribution in [2.45, 2.75) is 23.6 Å². The first-order valence-corrected chi connectivity index (χ1v) is 6.86. The van der Waals surface area contributed by atoms with E-state index < -0.39 is 30.7 Å². The van der Waals surface area contributed by atoms with Gasteiger partial charge < -0.3 is 0 Å². The molecule has 1 aromatic heterocycles. The van der Waals surface area contributed by atoms with Crippen LogP contribution >= 0.6 is 11.6 Å². The van der Waals surface area contributed by atoms with Gasteiger partial charge in [0, 0.05) is 12.9 Å². The van der Waals surface area contributed by atoms with E-state index in [1.54, 1.807) is 0 Å². The van der Waals surface area contributed by atoms with Gasteiger partial charge in [0.2, 0.25) is 9.84 Å².